The Bertz CT molecular complexity index is 485. The number of aromatic hydroxyl groups is 1. The molecule has 0 spiro atoms. The number of aryl methyl sites for hydroxylation is 1. The summed E-state index contributed by atoms with van der Waals surface area (Å²) in [5.41, 5.74) is 3.95. The predicted octanol–water partition coefficient (Wildman–Crippen LogP) is 2.07. The standard InChI is InChI=1S/C14H20N2O/c1-9-7-10(17)8-11-12(9)16(4)13-14(11,2)5-6-15(13)3/h7-8,13,17H,5-6H2,1-4H3. The van der Waals surface area contributed by atoms with E-state index in [0.717, 1.165) is 13.0 Å². The molecule has 0 aromatic heterocycles. The van der Waals surface area contributed by atoms with E-state index in [1.54, 1.807) is 0 Å². The first-order valence-corrected chi connectivity index (χ1v) is 6.22. The van der Waals surface area contributed by atoms with Crippen molar-refractivity contribution in [2.75, 3.05) is 25.5 Å². The minimum atomic E-state index is 0.155. The second kappa shape index (κ2) is 3.16. The Morgan fingerprint density at radius 2 is 2.06 bits per heavy atom. The number of phenols is 1. The van der Waals surface area contributed by atoms with E-state index >= 15 is 0 Å². The molecule has 17 heavy (non-hydrogen) atoms. The Balaban J connectivity index is 2.25. The summed E-state index contributed by atoms with van der Waals surface area (Å²) in [6.45, 7) is 5.53. The zero-order chi connectivity index (χ0) is 12.4. The summed E-state index contributed by atoms with van der Waals surface area (Å²) < 4.78 is 0. The summed E-state index contributed by atoms with van der Waals surface area (Å²) in [5, 5.41) is 9.83. The van der Waals surface area contributed by atoms with Crippen LogP contribution in [-0.4, -0.2) is 36.8 Å². The second-order valence-corrected chi connectivity index (χ2v) is 5.79. The number of likely N-dealkylation sites (N-methyl/N-ethyl adjacent to an activating group) is 2. The summed E-state index contributed by atoms with van der Waals surface area (Å²) >= 11 is 0. The number of likely N-dealkylation sites (tertiary alicyclic amines) is 1. The van der Waals surface area contributed by atoms with Gasteiger partial charge in [0.05, 0.1) is 6.17 Å². The average Bonchev–Trinajstić information content (AvgIpc) is 2.64. The van der Waals surface area contributed by atoms with Crippen molar-refractivity contribution < 1.29 is 5.11 Å². The molecule has 3 nitrogen and oxygen atoms in total. The molecule has 1 aromatic rings. The van der Waals surface area contributed by atoms with Gasteiger partial charge in [-0.15, -0.1) is 0 Å². The molecule has 2 aliphatic heterocycles. The largest absolute Gasteiger partial charge is 0.508 e. The molecule has 1 fully saturated rings. The molecule has 1 aromatic carbocycles. The highest BCUT2D eigenvalue weighted by Gasteiger charge is 2.52. The Labute approximate surface area is 103 Å². The van der Waals surface area contributed by atoms with Crippen LogP contribution in [0.2, 0.25) is 0 Å². The van der Waals surface area contributed by atoms with Crippen LogP contribution in [0.1, 0.15) is 24.5 Å². The van der Waals surface area contributed by atoms with Crippen LogP contribution in [0.3, 0.4) is 0 Å². The third-order valence-electron chi connectivity index (χ3n) is 4.59. The van der Waals surface area contributed by atoms with E-state index < -0.39 is 0 Å². The molecule has 0 amide bonds. The lowest BCUT2D eigenvalue weighted by Crippen LogP contribution is -2.45. The lowest BCUT2D eigenvalue weighted by Gasteiger charge is -2.32. The highest BCUT2D eigenvalue weighted by atomic mass is 16.3. The monoisotopic (exact) mass is 232 g/mol. The third-order valence-corrected chi connectivity index (χ3v) is 4.59. The summed E-state index contributed by atoms with van der Waals surface area (Å²) in [5.74, 6) is 0.395. The smallest absolute Gasteiger partial charge is 0.116 e. The minimum absolute atomic E-state index is 0.155. The summed E-state index contributed by atoms with van der Waals surface area (Å²) in [7, 11) is 4.36. The maximum absolute atomic E-state index is 9.83. The Morgan fingerprint density at radius 1 is 1.35 bits per heavy atom. The first-order valence-electron chi connectivity index (χ1n) is 6.22. The molecule has 3 heteroatoms. The molecule has 1 saturated heterocycles. The number of hydrogen-bond donors (Lipinski definition) is 1. The van der Waals surface area contributed by atoms with Crippen molar-refractivity contribution in [3.63, 3.8) is 0 Å². The molecule has 2 heterocycles. The van der Waals surface area contributed by atoms with Crippen LogP contribution >= 0.6 is 0 Å². The van der Waals surface area contributed by atoms with Crippen LogP contribution < -0.4 is 4.90 Å². The van der Waals surface area contributed by atoms with Crippen LogP contribution in [0.5, 0.6) is 5.75 Å². The van der Waals surface area contributed by atoms with Crippen molar-refractivity contribution in [3.8, 4) is 5.75 Å². The number of fused-ring (bicyclic) bond motifs is 3. The van der Waals surface area contributed by atoms with E-state index in [9.17, 15) is 5.11 Å². The van der Waals surface area contributed by atoms with Crippen molar-refractivity contribution in [2.45, 2.75) is 31.8 Å². The van der Waals surface area contributed by atoms with Gasteiger partial charge in [-0.05, 0) is 43.7 Å². The fourth-order valence-electron chi connectivity index (χ4n) is 3.93. The highest BCUT2D eigenvalue weighted by Crippen LogP contribution is 2.52. The van der Waals surface area contributed by atoms with Gasteiger partial charge < -0.3 is 10.0 Å². The van der Waals surface area contributed by atoms with Gasteiger partial charge in [0.15, 0.2) is 0 Å². The van der Waals surface area contributed by atoms with E-state index in [1.807, 2.05) is 12.1 Å². The van der Waals surface area contributed by atoms with Gasteiger partial charge in [-0.25, -0.2) is 0 Å². The van der Waals surface area contributed by atoms with Gasteiger partial charge in [-0.2, -0.15) is 0 Å². The predicted molar refractivity (Wildman–Crippen MR) is 69.6 cm³/mol. The second-order valence-electron chi connectivity index (χ2n) is 5.79. The maximum atomic E-state index is 9.83. The quantitative estimate of drug-likeness (QED) is 0.742. The van der Waals surface area contributed by atoms with Crippen LogP contribution in [0.4, 0.5) is 5.69 Å². The lowest BCUT2D eigenvalue weighted by atomic mass is 9.81. The first kappa shape index (κ1) is 10.9. The molecular weight excluding hydrogens is 212 g/mol. The molecule has 92 valence electrons. The lowest BCUT2D eigenvalue weighted by molar-refractivity contribution is 0.268. The van der Waals surface area contributed by atoms with Crippen molar-refractivity contribution in [1.82, 2.24) is 4.90 Å². The van der Waals surface area contributed by atoms with Gasteiger partial charge in [0.2, 0.25) is 0 Å². The Morgan fingerprint density at radius 3 is 2.76 bits per heavy atom. The van der Waals surface area contributed by atoms with Gasteiger partial charge in [0.25, 0.3) is 0 Å². The molecule has 0 bridgehead atoms. The van der Waals surface area contributed by atoms with Crippen molar-refractivity contribution in [2.24, 2.45) is 0 Å². The average molecular weight is 232 g/mol. The van der Waals surface area contributed by atoms with Crippen LogP contribution in [0, 0.1) is 6.92 Å². The highest BCUT2D eigenvalue weighted by molar-refractivity contribution is 5.70. The van der Waals surface area contributed by atoms with Gasteiger partial charge in [0, 0.05) is 24.7 Å². The molecular formula is C14H20N2O. The molecule has 0 aliphatic carbocycles. The number of anilines is 1. The molecule has 2 atom stereocenters. The van der Waals surface area contributed by atoms with Gasteiger partial charge >= 0.3 is 0 Å². The SMILES string of the molecule is Cc1cc(O)cc2c1N(C)C1N(C)CCC21C. The van der Waals surface area contributed by atoms with E-state index in [-0.39, 0.29) is 5.41 Å². The van der Waals surface area contributed by atoms with Gasteiger partial charge in [-0.1, -0.05) is 6.92 Å². The molecule has 0 saturated carbocycles. The third kappa shape index (κ3) is 1.20. The summed E-state index contributed by atoms with van der Waals surface area (Å²) in [6, 6.07) is 3.82. The summed E-state index contributed by atoms with van der Waals surface area (Å²) in [4.78, 5) is 4.79. The topological polar surface area (TPSA) is 26.7 Å². The van der Waals surface area contributed by atoms with Gasteiger partial charge in [-0.3, -0.25) is 4.90 Å². The number of rotatable bonds is 0. The minimum Gasteiger partial charge on any atom is -0.508 e. The molecule has 1 N–H and O–H groups in total. The van der Waals surface area contributed by atoms with E-state index in [1.165, 1.54) is 16.8 Å². The summed E-state index contributed by atoms with van der Waals surface area (Å²) in [6.07, 6.45) is 1.59. The first-order chi connectivity index (χ1) is 7.95. The Kier molecular flexibility index (Phi) is 2.03. The number of benzene rings is 1. The number of phenolic OH excluding ortho intramolecular Hbond substituents is 1. The molecule has 3 rings (SSSR count). The fourth-order valence-corrected chi connectivity index (χ4v) is 3.93. The van der Waals surface area contributed by atoms with Gasteiger partial charge in [0.1, 0.15) is 5.75 Å². The zero-order valence-corrected chi connectivity index (χ0v) is 11.0. The molecule has 2 unspecified atom stereocenters. The van der Waals surface area contributed by atoms with E-state index in [2.05, 4.69) is 37.7 Å². The van der Waals surface area contributed by atoms with Crippen molar-refractivity contribution in [1.29, 1.82) is 0 Å². The zero-order valence-electron chi connectivity index (χ0n) is 11.0. The van der Waals surface area contributed by atoms with Crippen molar-refractivity contribution in [3.05, 3.63) is 23.3 Å². The Hall–Kier alpha value is -1.22. The maximum Gasteiger partial charge on any atom is 0.116 e. The van der Waals surface area contributed by atoms with Crippen molar-refractivity contribution >= 4 is 5.69 Å². The van der Waals surface area contributed by atoms with Crippen LogP contribution in [0.15, 0.2) is 12.1 Å². The number of hydrogen-bond acceptors (Lipinski definition) is 3. The fraction of sp³-hybridized carbons (Fsp3) is 0.571. The van der Waals surface area contributed by atoms with Crippen LogP contribution in [0.25, 0.3) is 0 Å². The normalized spacial score (nSPS) is 31.8. The van der Waals surface area contributed by atoms with E-state index in [4.69, 9.17) is 0 Å². The number of nitrogens with zero attached hydrogens (tertiary/aromatic N) is 2. The van der Waals surface area contributed by atoms with E-state index in [0.29, 0.717) is 11.9 Å². The molecule has 2 aliphatic rings. The van der Waals surface area contributed by atoms with Crippen LogP contribution in [-0.2, 0) is 5.41 Å². The molecule has 0 radical (unpaired) electrons.